The number of nitrogens with zero attached hydrogens (tertiary/aromatic N) is 2. The van der Waals surface area contributed by atoms with Gasteiger partial charge in [0, 0.05) is 44.2 Å². The maximum absolute atomic E-state index is 6.45. The van der Waals surface area contributed by atoms with E-state index in [4.69, 9.17) is 4.42 Å². The van der Waals surface area contributed by atoms with Gasteiger partial charge in [0.1, 0.15) is 11.2 Å². The molecule has 0 aliphatic rings. The van der Waals surface area contributed by atoms with E-state index in [-0.39, 0.29) is 0 Å². The lowest BCUT2D eigenvalue weighted by Crippen LogP contribution is -2.12. The van der Waals surface area contributed by atoms with E-state index >= 15 is 0 Å². The van der Waals surface area contributed by atoms with Gasteiger partial charge in [-0.1, -0.05) is 140 Å². The minimum absolute atomic E-state index is 0.885. The lowest BCUT2D eigenvalue weighted by atomic mass is 9.98. The summed E-state index contributed by atoms with van der Waals surface area (Å²) in [5.41, 5.74) is 13.1. The fourth-order valence-electron chi connectivity index (χ4n) is 9.14. The molecule has 0 saturated heterocycles. The zero-order valence-corrected chi connectivity index (χ0v) is 32.1. The quantitative estimate of drug-likeness (QED) is 0.169. The fourth-order valence-corrected chi connectivity index (χ4v) is 9.14. The SMILES string of the molecule is c1cc(-c2ccc3ccccc3c2)cc(N(c2cccc(-n3c4ccccc4c4ccccc43)c2)c2ccccc2-c2ccc3oc4cc5ccccc5cc4c3c2)c1. The molecule has 276 valence electrons. The van der Waals surface area contributed by atoms with Crippen LogP contribution in [-0.4, -0.2) is 4.57 Å². The van der Waals surface area contributed by atoms with Gasteiger partial charge in [-0.15, -0.1) is 0 Å². The Labute approximate surface area is 341 Å². The lowest BCUT2D eigenvalue weighted by Gasteiger charge is -2.29. The predicted octanol–water partition coefficient (Wildman–Crippen LogP) is 15.8. The van der Waals surface area contributed by atoms with Crippen LogP contribution in [0.1, 0.15) is 0 Å². The summed E-state index contributed by atoms with van der Waals surface area (Å²) in [6.07, 6.45) is 0. The maximum Gasteiger partial charge on any atom is 0.136 e. The number of hydrogen-bond donors (Lipinski definition) is 0. The summed E-state index contributed by atoms with van der Waals surface area (Å²) >= 11 is 0. The van der Waals surface area contributed by atoms with Crippen molar-refractivity contribution < 1.29 is 4.42 Å². The summed E-state index contributed by atoms with van der Waals surface area (Å²) < 4.78 is 8.84. The smallest absolute Gasteiger partial charge is 0.136 e. The van der Waals surface area contributed by atoms with Gasteiger partial charge in [0.15, 0.2) is 0 Å². The Hall–Kier alpha value is -7.88. The molecule has 0 N–H and O–H groups in total. The molecule has 0 aliphatic carbocycles. The maximum atomic E-state index is 6.45. The molecule has 0 aliphatic heterocycles. The van der Waals surface area contributed by atoms with Gasteiger partial charge >= 0.3 is 0 Å². The molecule has 10 aromatic carbocycles. The van der Waals surface area contributed by atoms with Gasteiger partial charge in [-0.3, -0.25) is 0 Å². The van der Waals surface area contributed by atoms with Crippen molar-refractivity contribution in [3.63, 3.8) is 0 Å². The highest BCUT2D eigenvalue weighted by molar-refractivity contribution is 6.12. The molecule has 0 radical (unpaired) electrons. The van der Waals surface area contributed by atoms with Crippen molar-refractivity contribution in [2.24, 2.45) is 0 Å². The summed E-state index contributed by atoms with van der Waals surface area (Å²) in [5, 5.41) is 9.56. The highest BCUT2D eigenvalue weighted by Crippen LogP contribution is 2.44. The van der Waals surface area contributed by atoms with E-state index < -0.39 is 0 Å². The Morgan fingerprint density at radius 1 is 0.339 bits per heavy atom. The highest BCUT2D eigenvalue weighted by Gasteiger charge is 2.21. The second-order valence-corrected chi connectivity index (χ2v) is 15.4. The molecule has 12 rings (SSSR count). The summed E-state index contributed by atoms with van der Waals surface area (Å²) in [4.78, 5) is 2.42. The first kappa shape index (κ1) is 33.3. The van der Waals surface area contributed by atoms with Gasteiger partial charge in [0.25, 0.3) is 0 Å². The minimum atomic E-state index is 0.885. The van der Waals surface area contributed by atoms with Crippen LogP contribution in [0.4, 0.5) is 17.1 Å². The summed E-state index contributed by atoms with van der Waals surface area (Å²) in [6.45, 7) is 0. The number of anilines is 3. The molecule has 12 aromatic rings. The summed E-state index contributed by atoms with van der Waals surface area (Å²) in [6, 6.07) is 78.9. The Balaban J connectivity index is 1.07. The van der Waals surface area contributed by atoms with Crippen molar-refractivity contribution in [2.45, 2.75) is 0 Å². The fraction of sp³-hybridized carbons (Fsp3) is 0. The molecule has 0 amide bonds. The average Bonchev–Trinajstić information content (AvgIpc) is 3.83. The van der Waals surface area contributed by atoms with Crippen LogP contribution in [0, 0.1) is 0 Å². The molecule has 59 heavy (non-hydrogen) atoms. The van der Waals surface area contributed by atoms with Crippen LogP contribution in [-0.2, 0) is 0 Å². The lowest BCUT2D eigenvalue weighted by molar-refractivity contribution is 0.669. The van der Waals surface area contributed by atoms with Crippen molar-refractivity contribution in [1.29, 1.82) is 0 Å². The number of rotatable bonds is 6. The van der Waals surface area contributed by atoms with Crippen molar-refractivity contribution in [3.05, 3.63) is 218 Å². The normalized spacial score (nSPS) is 11.7. The molecule has 0 saturated carbocycles. The molecular formula is C56H36N2O. The number of fused-ring (bicyclic) bond motifs is 8. The molecule has 0 spiro atoms. The largest absolute Gasteiger partial charge is 0.456 e. The minimum Gasteiger partial charge on any atom is -0.456 e. The molecule has 0 unspecified atom stereocenters. The van der Waals surface area contributed by atoms with E-state index in [9.17, 15) is 0 Å². The van der Waals surface area contributed by atoms with Gasteiger partial charge in [-0.05, 0) is 117 Å². The van der Waals surface area contributed by atoms with Crippen LogP contribution in [0.15, 0.2) is 223 Å². The van der Waals surface area contributed by atoms with E-state index in [1.54, 1.807) is 0 Å². The van der Waals surface area contributed by atoms with Crippen molar-refractivity contribution in [3.8, 4) is 27.9 Å². The first-order chi connectivity index (χ1) is 29.2. The van der Waals surface area contributed by atoms with E-state index in [2.05, 4.69) is 228 Å². The van der Waals surface area contributed by atoms with Crippen molar-refractivity contribution >= 4 is 82.4 Å². The number of aromatic nitrogens is 1. The van der Waals surface area contributed by atoms with Crippen LogP contribution in [0.5, 0.6) is 0 Å². The van der Waals surface area contributed by atoms with Crippen molar-refractivity contribution in [2.75, 3.05) is 4.90 Å². The Morgan fingerprint density at radius 2 is 0.932 bits per heavy atom. The van der Waals surface area contributed by atoms with Crippen LogP contribution in [0.25, 0.3) is 93.2 Å². The van der Waals surface area contributed by atoms with Gasteiger partial charge in [0.05, 0.1) is 16.7 Å². The van der Waals surface area contributed by atoms with Gasteiger partial charge in [-0.25, -0.2) is 0 Å². The average molecular weight is 753 g/mol. The third-order valence-corrected chi connectivity index (χ3v) is 11.9. The summed E-state index contributed by atoms with van der Waals surface area (Å²) in [5.74, 6) is 0. The Morgan fingerprint density at radius 3 is 1.73 bits per heavy atom. The van der Waals surface area contributed by atoms with Gasteiger partial charge in [-0.2, -0.15) is 0 Å². The van der Waals surface area contributed by atoms with Gasteiger partial charge < -0.3 is 13.9 Å². The van der Waals surface area contributed by atoms with E-state index in [0.717, 1.165) is 61.4 Å². The van der Waals surface area contributed by atoms with E-state index in [1.807, 2.05) is 0 Å². The Kier molecular flexibility index (Phi) is 7.54. The molecule has 0 atom stereocenters. The third-order valence-electron chi connectivity index (χ3n) is 11.9. The molecule has 3 nitrogen and oxygen atoms in total. The first-order valence-corrected chi connectivity index (χ1v) is 20.2. The zero-order chi connectivity index (χ0) is 38.9. The standard InChI is InChI=1S/C56H36N2O/c1-2-14-38-31-42(28-27-37(38)13-1)39-17-11-18-44(32-39)57(45-19-12-20-46(36-45)58-53-25-9-6-22-48(53)49-23-7-10-26-54(49)58)52-24-8-5-21-47(52)43-29-30-55-50(34-43)51-33-40-15-3-4-16-41(40)35-56(51)59-55/h1-36H. The molecular weight excluding hydrogens is 717 g/mol. The zero-order valence-electron chi connectivity index (χ0n) is 32.1. The molecule has 0 fully saturated rings. The Bertz CT molecular complexity index is 3540. The second kappa shape index (κ2) is 13.4. The first-order valence-electron chi connectivity index (χ1n) is 20.2. The molecule has 3 heteroatoms. The molecule has 2 aromatic heterocycles. The summed E-state index contributed by atoms with van der Waals surface area (Å²) in [7, 11) is 0. The molecule has 0 bridgehead atoms. The van der Waals surface area contributed by atoms with E-state index in [1.165, 1.54) is 48.9 Å². The number of para-hydroxylation sites is 3. The number of hydrogen-bond acceptors (Lipinski definition) is 2. The predicted molar refractivity (Wildman–Crippen MR) is 249 cm³/mol. The monoisotopic (exact) mass is 752 g/mol. The van der Waals surface area contributed by atoms with Crippen molar-refractivity contribution in [1.82, 2.24) is 4.57 Å². The highest BCUT2D eigenvalue weighted by atomic mass is 16.3. The van der Waals surface area contributed by atoms with Gasteiger partial charge in [0.2, 0.25) is 0 Å². The van der Waals surface area contributed by atoms with Crippen LogP contribution in [0.3, 0.4) is 0 Å². The third kappa shape index (κ3) is 5.51. The topological polar surface area (TPSA) is 21.3 Å². The number of benzene rings is 10. The van der Waals surface area contributed by atoms with Crippen LogP contribution < -0.4 is 4.90 Å². The number of furan rings is 1. The molecule has 2 heterocycles. The van der Waals surface area contributed by atoms with Crippen LogP contribution in [0.2, 0.25) is 0 Å². The van der Waals surface area contributed by atoms with E-state index in [0.29, 0.717) is 0 Å². The van der Waals surface area contributed by atoms with Crippen LogP contribution >= 0.6 is 0 Å². The second-order valence-electron chi connectivity index (χ2n) is 15.4.